The van der Waals surface area contributed by atoms with Gasteiger partial charge in [0.1, 0.15) is 36.3 Å². The number of aliphatic hydroxyl groups is 1. The molecule has 3 heterocycles. The van der Waals surface area contributed by atoms with Crippen LogP contribution in [0.4, 0.5) is 4.79 Å². The van der Waals surface area contributed by atoms with E-state index in [2.05, 4.69) is 42.2 Å². The molecule has 17 N–H and O–H groups in total. The summed E-state index contributed by atoms with van der Waals surface area (Å²) in [7, 11) is 0. The summed E-state index contributed by atoms with van der Waals surface area (Å²) in [5.74, 6) is -8.55. The van der Waals surface area contributed by atoms with Crippen molar-refractivity contribution in [2.24, 2.45) is 34.6 Å². The van der Waals surface area contributed by atoms with Crippen molar-refractivity contribution in [3.05, 3.63) is 111 Å². The van der Waals surface area contributed by atoms with Crippen LogP contribution in [0.25, 0.3) is 10.1 Å². The zero-order valence-electron chi connectivity index (χ0n) is 43.4. The predicted octanol–water partition coefficient (Wildman–Crippen LogP) is -2.88. The fourth-order valence-corrected chi connectivity index (χ4v) is 9.45. The van der Waals surface area contributed by atoms with Gasteiger partial charge in [-0.15, -0.1) is 16.4 Å². The van der Waals surface area contributed by atoms with Crippen LogP contribution in [0.1, 0.15) is 69.7 Å². The molecular formula is C51H67FeN15O11S+2. The van der Waals surface area contributed by atoms with Gasteiger partial charge in [-0.25, -0.2) is 9.48 Å². The van der Waals surface area contributed by atoms with Crippen molar-refractivity contribution in [1.82, 2.24) is 51.8 Å². The van der Waals surface area contributed by atoms with Gasteiger partial charge in [-0.1, -0.05) is 43.7 Å². The first kappa shape index (κ1) is 64.8. The first-order valence-corrected chi connectivity index (χ1v) is 25.9. The fraction of sp³-hybridized carbons (Fsp3) is 0.412. The van der Waals surface area contributed by atoms with E-state index in [1.54, 1.807) is 20.0 Å². The van der Waals surface area contributed by atoms with E-state index < -0.39 is 133 Å². The maximum absolute atomic E-state index is 15.1. The third kappa shape index (κ3) is 19.2. The first-order valence-electron chi connectivity index (χ1n) is 25.0. The van der Waals surface area contributed by atoms with Crippen molar-refractivity contribution in [2.45, 2.75) is 107 Å². The van der Waals surface area contributed by atoms with Gasteiger partial charge < -0.3 is 70.6 Å². The summed E-state index contributed by atoms with van der Waals surface area (Å²) in [5.41, 5.74) is 28.5. The molecule has 1 aliphatic heterocycles. The van der Waals surface area contributed by atoms with Crippen LogP contribution < -0.4 is 60.6 Å². The predicted molar refractivity (Wildman–Crippen MR) is 284 cm³/mol. The Hall–Kier alpha value is -6.74. The van der Waals surface area contributed by atoms with E-state index in [0.717, 1.165) is 16.0 Å². The van der Waals surface area contributed by atoms with Gasteiger partial charge in [-0.2, -0.15) is 0 Å². The minimum atomic E-state index is -1.78. The molecule has 6 rings (SSSR count). The summed E-state index contributed by atoms with van der Waals surface area (Å²) >= 11 is 1.41. The Morgan fingerprint density at radius 2 is 1.35 bits per heavy atom. The van der Waals surface area contributed by atoms with Gasteiger partial charge in [-0.05, 0) is 98.9 Å². The number of aliphatic hydroxyl groups excluding tert-OH is 1. The van der Waals surface area contributed by atoms with Crippen molar-refractivity contribution < 1.29 is 70.1 Å². The third-order valence-corrected chi connectivity index (χ3v) is 13.9. The standard InChI is InChI=1S/C46H62N15O11S.C5H5.Fe/c1-3-23(2)38(57-43(69)31(18-37(49)64)54-42(68)30(17-36(48)63)53-40(66)28(47)12-8-14-52-46(51)72)45(71)60-19-26(61-20-32(58-59-61)24-9-4-5-10-24)16-34(60)44(70)55-29(41(67)56-33(21-62)39(50)65)15-25-22-73-35-13-7-6-11-27(25)35;1-2-4-5-3-1;/h4-7,9-11,13,20,22-23,26,28-31,33-34,38,62H,3,8,12,14-19,21,47H2,1-2H3,(H2,48,63)(H2,49,64)(H2,50,65)(H,53,66)(H,54,68)(H,55,70)(H,56,67)(H,57,69)(H3,51,52,72);1-5H;/q;;+2/t23-,26-,28-,29-,30-,31-,33-,34-,38-;;/m0../s1. The number of hydrogen-bond donors (Lipinski definition) is 12. The number of nitrogens with two attached hydrogens (primary N) is 5. The van der Waals surface area contributed by atoms with Crippen LogP contribution in [0.2, 0.25) is 0 Å². The molecule has 424 valence electrons. The number of fused-ring (bicyclic) bond motifs is 1. The molecule has 2 aliphatic carbocycles. The molecule has 9 atom stereocenters. The normalized spacial score (nSPS) is 18.7. The van der Waals surface area contributed by atoms with E-state index in [9.17, 15) is 48.3 Å². The Kier molecular flexibility index (Phi) is 26.0. The summed E-state index contributed by atoms with van der Waals surface area (Å²) in [6.45, 7) is 2.48. The van der Waals surface area contributed by atoms with Crippen molar-refractivity contribution in [2.75, 3.05) is 19.7 Å². The molecule has 79 heavy (non-hydrogen) atoms. The van der Waals surface area contributed by atoms with E-state index in [4.69, 9.17) is 28.7 Å². The Morgan fingerprint density at radius 3 is 1.94 bits per heavy atom. The molecule has 10 radical (unpaired) electrons. The number of urea groups is 1. The van der Waals surface area contributed by atoms with Gasteiger partial charge in [0.2, 0.25) is 53.2 Å². The molecule has 1 saturated heterocycles. The fourth-order valence-electron chi connectivity index (χ4n) is 8.47. The van der Waals surface area contributed by atoms with Gasteiger partial charge >= 0.3 is 23.1 Å². The van der Waals surface area contributed by atoms with Crippen molar-refractivity contribution in [1.29, 1.82) is 0 Å². The molecule has 3 aromatic rings. The van der Waals surface area contributed by atoms with Gasteiger partial charge in [0, 0.05) is 42.7 Å². The number of nitrogens with one attached hydrogen (secondary N) is 6. The number of hydrogen-bond acceptors (Lipinski definition) is 15. The van der Waals surface area contributed by atoms with Gasteiger partial charge in [0.25, 0.3) is 0 Å². The second-order valence-corrected chi connectivity index (χ2v) is 19.6. The molecule has 2 saturated carbocycles. The second kappa shape index (κ2) is 31.7. The Labute approximate surface area is 472 Å². The second-order valence-electron chi connectivity index (χ2n) is 18.7. The molecule has 3 fully saturated rings. The van der Waals surface area contributed by atoms with Gasteiger partial charge in [0.15, 0.2) is 0 Å². The molecule has 26 nitrogen and oxygen atoms in total. The van der Waals surface area contributed by atoms with Crippen LogP contribution >= 0.6 is 11.3 Å². The van der Waals surface area contributed by atoms with Crippen molar-refractivity contribution in [3.8, 4) is 0 Å². The number of carbonyl (C=O) groups excluding carboxylic acids is 10. The Morgan fingerprint density at radius 1 is 0.772 bits per heavy atom. The average molecular weight is 1150 g/mol. The minimum Gasteiger partial charge on any atom is -0.394 e. The summed E-state index contributed by atoms with van der Waals surface area (Å²) in [6.07, 6.45) is 17.7. The number of nitrogens with zero attached hydrogens (tertiary/aromatic N) is 4. The third-order valence-electron chi connectivity index (χ3n) is 12.9. The summed E-state index contributed by atoms with van der Waals surface area (Å²) < 4.78 is 2.40. The molecule has 11 amide bonds. The average Bonchev–Trinajstić information content (AvgIpc) is 4.30. The Bertz CT molecular complexity index is 2580. The van der Waals surface area contributed by atoms with Crippen LogP contribution in [-0.2, 0) is 66.6 Å². The summed E-state index contributed by atoms with van der Waals surface area (Å²) in [4.78, 5) is 133. The molecule has 0 bridgehead atoms. The number of thiophene rings is 1. The van der Waals surface area contributed by atoms with Gasteiger partial charge in [-0.3, -0.25) is 43.2 Å². The molecule has 1 aromatic carbocycles. The zero-order chi connectivity index (χ0) is 57.1. The van der Waals surface area contributed by atoms with E-state index in [0.29, 0.717) is 11.3 Å². The maximum atomic E-state index is 15.1. The topological polar surface area (TPSA) is 427 Å². The summed E-state index contributed by atoms with van der Waals surface area (Å²) in [6, 6.07) is -4.44. The SMILES string of the molecule is CC[C@H](C)[C@H](NC(=O)[C@H](CC(N)=O)NC(=O)[C@H](CC(N)=O)NC(=O)[C@@H](N)CCCNC(N)=O)C(=O)N1C[C@@H](n2cc([C]3[CH][CH][CH][CH]3)nn2)C[C@H]1C(=O)N[C@@H](Cc1csc2ccccc12)C(=O)N[C@@H](CO)C(N)=O.[CH]1[CH][CH][CH][CH]1.[Fe+2]. The van der Waals surface area contributed by atoms with Crippen LogP contribution in [0.5, 0.6) is 0 Å². The van der Waals surface area contributed by atoms with Gasteiger partial charge in [0.05, 0.1) is 37.2 Å². The number of carbonyl (C=O) groups is 10. The maximum Gasteiger partial charge on any atom is 2.00 e. The molecule has 3 aliphatic rings. The van der Waals surface area contributed by atoms with Crippen molar-refractivity contribution >= 4 is 80.6 Å². The Balaban J connectivity index is 0.00000212. The number of likely N-dealkylation sites (tertiary alicyclic amines) is 1. The van der Waals surface area contributed by atoms with Crippen LogP contribution in [-0.4, -0.2) is 146 Å². The van der Waals surface area contributed by atoms with E-state index >= 15 is 4.79 Å². The molecular weight excluding hydrogens is 1090 g/mol. The minimum absolute atomic E-state index is 0. The number of aromatic nitrogens is 3. The number of amides is 11. The number of primary amides is 4. The van der Waals surface area contributed by atoms with E-state index in [1.807, 2.05) is 87.4 Å². The zero-order valence-corrected chi connectivity index (χ0v) is 45.3. The number of rotatable bonds is 27. The quantitative estimate of drug-likeness (QED) is 0.0270. The molecule has 0 spiro atoms. The monoisotopic (exact) mass is 1150 g/mol. The first-order chi connectivity index (χ1) is 37.2. The van der Waals surface area contributed by atoms with E-state index in [1.165, 1.54) is 20.9 Å². The van der Waals surface area contributed by atoms with Crippen LogP contribution in [0.15, 0.2) is 35.8 Å². The summed E-state index contributed by atoms with van der Waals surface area (Å²) in [5, 5.41) is 35.8. The smallest absolute Gasteiger partial charge is 0.394 e. The van der Waals surface area contributed by atoms with Crippen LogP contribution in [0, 0.1) is 69.6 Å². The largest absolute Gasteiger partial charge is 2.00 e. The molecule has 0 unspecified atom stereocenters. The van der Waals surface area contributed by atoms with Crippen molar-refractivity contribution in [3.63, 3.8) is 0 Å². The van der Waals surface area contributed by atoms with Crippen LogP contribution in [0.3, 0.4) is 0 Å². The number of benzene rings is 1. The van der Waals surface area contributed by atoms with E-state index in [-0.39, 0.29) is 62.3 Å². The molecule has 28 heteroatoms. The molecule has 2 aromatic heterocycles.